The number of aliphatic imine (C=N–C) groups is 1. The molecule has 4 aromatic rings. The molecule has 134 valence electrons. The van der Waals surface area contributed by atoms with Crippen LogP contribution >= 0.6 is 0 Å². The molecule has 0 spiro atoms. The predicted octanol–water partition coefficient (Wildman–Crippen LogP) is 5.97. The maximum Gasteiger partial charge on any atom is 0.310 e. The Morgan fingerprint density at radius 1 is 0.750 bits per heavy atom. The normalized spacial score (nSPS) is 13.8. The van der Waals surface area contributed by atoms with E-state index in [0.717, 1.165) is 33.5 Å². The molecule has 0 bridgehead atoms. The number of nitrogens with zero attached hydrogens (tertiary/aromatic N) is 2. The van der Waals surface area contributed by atoms with Crippen molar-refractivity contribution in [2.75, 3.05) is 0 Å². The van der Waals surface area contributed by atoms with Gasteiger partial charge in [-0.3, -0.25) is 4.99 Å². The SMILES string of the molecule is Oc1oc(-c2ccc(-c3ccccc3)cc2)nc1/C=C1\C=Nc2ccccc21. The minimum atomic E-state index is -0.201. The van der Waals surface area contributed by atoms with Gasteiger partial charge in [0.15, 0.2) is 0 Å². The van der Waals surface area contributed by atoms with Crippen LogP contribution in [0.15, 0.2) is 88.3 Å². The van der Waals surface area contributed by atoms with Gasteiger partial charge in [0.2, 0.25) is 5.89 Å². The molecule has 0 unspecified atom stereocenters. The Hall–Kier alpha value is -3.92. The summed E-state index contributed by atoms with van der Waals surface area (Å²) in [5.41, 5.74) is 6.27. The van der Waals surface area contributed by atoms with E-state index in [1.54, 1.807) is 12.3 Å². The summed E-state index contributed by atoms with van der Waals surface area (Å²) in [5.74, 6) is 0.180. The lowest BCUT2D eigenvalue weighted by molar-refractivity contribution is 0.336. The van der Waals surface area contributed by atoms with Gasteiger partial charge in [0.05, 0.1) is 5.69 Å². The van der Waals surface area contributed by atoms with E-state index < -0.39 is 0 Å². The molecule has 1 aliphatic heterocycles. The Balaban J connectivity index is 1.46. The van der Waals surface area contributed by atoms with E-state index in [0.29, 0.717) is 11.6 Å². The zero-order valence-corrected chi connectivity index (χ0v) is 14.9. The molecule has 2 heterocycles. The smallest absolute Gasteiger partial charge is 0.310 e. The number of hydrogen-bond acceptors (Lipinski definition) is 4. The van der Waals surface area contributed by atoms with Gasteiger partial charge in [-0.15, -0.1) is 0 Å². The predicted molar refractivity (Wildman–Crippen MR) is 112 cm³/mol. The summed E-state index contributed by atoms with van der Waals surface area (Å²) in [4.78, 5) is 8.84. The van der Waals surface area contributed by atoms with Crippen molar-refractivity contribution in [3.8, 4) is 28.5 Å². The first-order valence-corrected chi connectivity index (χ1v) is 8.99. The number of rotatable bonds is 3. The van der Waals surface area contributed by atoms with Crippen molar-refractivity contribution >= 4 is 23.6 Å². The lowest BCUT2D eigenvalue weighted by atomic mass is 10.0. The number of hydrogen-bond donors (Lipinski definition) is 1. The molecule has 4 nitrogen and oxygen atoms in total. The van der Waals surface area contributed by atoms with E-state index in [2.05, 4.69) is 22.1 Å². The fourth-order valence-corrected chi connectivity index (χ4v) is 3.28. The molecular weight excluding hydrogens is 348 g/mol. The summed E-state index contributed by atoms with van der Waals surface area (Å²) in [7, 11) is 0. The van der Waals surface area contributed by atoms with Crippen molar-refractivity contribution in [1.29, 1.82) is 0 Å². The molecule has 1 aromatic heterocycles. The van der Waals surface area contributed by atoms with E-state index in [1.165, 1.54) is 0 Å². The summed E-state index contributed by atoms with van der Waals surface area (Å²) in [5, 5.41) is 10.2. The van der Waals surface area contributed by atoms with Gasteiger partial charge >= 0.3 is 5.95 Å². The van der Waals surface area contributed by atoms with Crippen LogP contribution in [0, 0.1) is 0 Å². The van der Waals surface area contributed by atoms with E-state index in [4.69, 9.17) is 4.42 Å². The highest BCUT2D eigenvalue weighted by Crippen LogP contribution is 2.35. The lowest BCUT2D eigenvalue weighted by Crippen LogP contribution is -1.83. The van der Waals surface area contributed by atoms with Crippen molar-refractivity contribution in [1.82, 2.24) is 4.98 Å². The van der Waals surface area contributed by atoms with Gasteiger partial charge in [-0.25, -0.2) is 4.98 Å². The zero-order chi connectivity index (χ0) is 18.9. The average molecular weight is 364 g/mol. The number of benzene rings is 3. The lowest BCUT2D eigenvalue weighted by Gasteiger charge is -2.02. The summed E-state index contributed by atoms with van der Waals surface area (Å²) in [6.45, 7) is 0. The topological polar surface area (TPSA) is 58.6 Å². The van der Waals surface area contributed by atoms with Gasteiger partial charge in [0, 0.05) is 22.9 Å². The van der Waals surface area contributed by atoms with Gasteiger partial charge in [-0.05, 0) is 35.4 Å². The molecular formula is C24H16N2O2. The number of aromatic hydroxyl groups is 1. The van der Waals surface area contributed by atoms with E-state index in [-0.39, 0.29) is 5.95 Å². The van der Waals surface area contributed by atoms with E-state index in [9.17, 15) is 5.11 Å². The molecule has 28 heavy (non-hydrogen) atoms. The highest BCUT2D eigenvalue weighted by molar-refractivity contribution is 6.21. The highest BCUT2D eigenvalue weighted by Gasteiger charge is 2.16. The summed E-state index contributed by atoms with van der Waals surface area (Å²) < 4.78 is 5.50. The minimum absolute atomic E-state index is 0.201. The van der Waals surface area contributed by atoms with Crippen LogP contribution in [0.2, 0.25) is 0 Å². The zero-order valence-electron chi connectivity index (χ0n) is 14.9. The number of oxazole rings is 1. The monoisotopic (exact) mass is 364 g/mol. The molecule has 1 N–H and O–H groups in total. The molecule has 0 saturated heterocycles. The Morgan fingerprint density at radius 3 is 2.25 bits per heavy atom. The molecule has 0 saturated carbocycles. The second kappa shape index (κ2) is 6.67. The molecule has 5 rings (SSSR count). The van der Waals surface area contributed by atoms with Crippen LogP contribution in [0.1, 0.15) is 11.3 Å². The largest absolute Gasteiger partial charge is 0.479 e. The summed E-state index contributed by atoms with van der Waals surface area (Å²) >= 11 is 0. The first-order chi connectivity index (χ1) is 13.8. The molecule has 0 atom stereocenters. The minimum Gasteiger partial charge on any atom is -0.479 e. The van der Waals surface area contributed by atoms with Crippen molar-refractivity contribution in [3.63, 3.8) is 0 Å². The third kappa shape index (κ3) is 2.91. The molecule has 0 aliphatic carbocycles. The number of para-hydroxylation sites is 1. The van der Waals surface area contributed by atoms with Crippen molar-refractivity contribution < 1.29 is 9.52 Å². The first kappa shape index (κ1) is 16.3. The van der Waals surface area contributed by atoms with Crippen LogP contribution in [0.3, 0.4) is 0 Å². The highest BCUT2D eigenvalue weighted by atomic mass is 16.5. The fraction of sp³-hybridized carbons (Fsp3) is 0. The average Bonchev–Trinajstić information content (AvgIpc) is 3.33. The maximum atomic E-state index is 10.2. The molecule has 3 aromatic carbocycles. The van der Waals surface area contributed by atoms with Crippen molar-refractivity contribution in [3.05, 3.63) is 90.1 Å². The molecule has 0 radical (unpaired) electrons. The summed E-state index contributed by atoms with van der Waals surface area (Å²) in [6, 6.07) is 25.9. The molecule has 4 heteroatoms. The Morgan fingerprint density at radius 2 is 1.43 bits per heavy atom. The second-order valence-corrected chi connectivity index (χ2v) is 6.53. The third-order valence-electron chi connectivity index (χ3n) is 4.72. The van der Waals surface area contributed by atoms with Crippen LogP contribution < -0.4 is 0 Å². The third-order valence-corrected chi connectivity index (χ3v) is 4.72. The van der Waals surface area contributed by atoms with Crippen LogP contribution in [-0.4, -0.2) is 16.3 Å². The first-order valence-electron chi connectivity index (χ1n) is 8.99. The second-order valence-electron chi connectivity index (χ2n) is 6.53. The van der Waals surface area contributed by atoms with Gasteiger partial charge in [0.25, 0.3) is 0 Å². The quantitative estimate of drug-likeness (QED) is 0.487. The van der Waals surface area contributed by atoms with Gasteiger partial charge in [-0.1, -0.05) is 60.7 Å². The number of allylic oxidation sites excluding steroid dienone is 1. The van der Waals surface area contributed by atoms with Gasteiger partial charge in [0.1, 0.15) is 5.69 Å². The van der Waals surface area contributed by atoms with Gasteiger partial charge < -0.3 is 9.52 Å². The summed E-state index contributed by atoms with van der Waals surface area (Å²) in [6.07, 6.45) is 3.56. The van der Waals surface area contributed by atoms with E-state index in [1.807, 2.05) is 66.7 Å². The number of fused-ring (bicyclic) bond motifs is 1. The fourth-order valence-electron chi connectivity index (χ4n) is 3.28. The van der Waals surface area contributed by atoms with E-state index >= 15 is 0 Å². The standard InChI is InChI=1S/C24H16N2O2/c27-24-22(14-19-15-25-21-9-5-4-8-20(19)21)26-23(28-24)18-12-10-17(11-13-18)16-6-2-1-3-7-16/h1-15,27H/b19-14+. The number of aromatic nitrogens is 1. The van der Waals surface area contributed by atoms with Crippen LogP contribution in [-0.2, 0) is 0 Å². The molecule has 1 aliphatic rings. The Labute approximate surface area is 162 Å². The van der Waals surface area contributed by atoms with Gasteiger partial charge in [-0.2, -0.15) is 0 Å². The maximum absolute atomic E-state index is 10.2. The molecule has 0 amide bonds. The molecule has 0 fully saturated rings. The van der Waals surface area contributed by atoms with Crippen LogP contribution in [0.5, 0.6) is 5.95 Å². The van der Waals surface area contributed by atoms with Crippen LogP contribution in [0.4, 0.5) is 5.69 Å². The Kier molecular flexibility index (Phi) is 3.87. The van der Waals surface area contributed by atoms with Crippen molar-refractivity contribution in [2.45, 2.75) is 0 Å². The van der Waals surface area contributed by atoms with Crippen molar-refractivity contribution in [2.24, 2.45) is 4.99 Å². The van der Waals surface area contributed by atoms with Crippen LogP contribution in [0.25, 0.3) is 34.2 Å². The Bertz CT molecular complexity index is 1200.